The van der Waals surface area contributed by atoms with Gasteiger partial charge in [0.15, 0.2) is 0 Å². The van der Waals surface area contributed by atoms with Gasteiger partial charge >= 0.3 is 0 Å². The Morgan fingerprint density at radius 1 is 1.24 bits per heavy atom. The summed E-state index contributed by atoms with van der Waals surface area (Å²) in [6.45, 7) is 6.94. The number of nitrogens with one attached hydrogen (secondary N) is 2. The molecule has 1 rings (SSSR count). The highest BCUT2D eigenvalue weighted by molar-refractivity contribution is 7.89. The summed E-state index contributed by atoms with van der Waals surface area (Å²) in [6, 6.07) is 3.78. The third kappa shape index (κ3) is 5.73. The summed E-state index contributed by atoms with van der Waals surface area (Å²) in [5.74, 6) is -0.390. The molecule has 0 saturated carbocycles. The first kappa shape index (κ1) is 18.1. The molecule has 0 aliphatic rings. The molecule has 0 saturated heterocycles. The van der Waals surface area contributed by atoms with Crippen LogP contribution in [-0.4, -0.2) is 21.0 Å². The van der Waals surface area contributed by atoms with E-state index >= 15 is 0 Å². The number of sulfonamides is 1. The van der Waals surface area contributed by atoms with Crippen LogP contribution in [0.5, 0.6) is 0 Å². The summed E-state index contributed by atoms with van der Waals surface area (Å²) in [7, 11) is -3.60. The lowest BCUT2D eigenvalue weighted by Crippen LogP contribution is -2.32. The molecule has 0 aliphatic heterocycles. The van der Waals surface area contributed by atoms with Gasteiger partial charge in [-0.1, -0.05) is 20.3 Å². The zero-order chi connectivity index (χ0) is 15.9. The van der Waals surface area contributed by atoms with Crippen LogP contribution in [0.4, 0.5) is 4.39 Å². The second-order valence-electron chi connectivity index (χ2n) is 5.24. The average Bonchev–Trinajstić information content (AvgIpc) is 2.40. The van der Waals surface area contributed by atoms with Gasteiger partial charge < -0.3 is 5.32 Å². The van der Waals surface area contributed by atoms with Crippen molar-refractivity contribution in [3.63, 3.8) is 0 Å². The number of benzene rings is 1. The van der Waals surface area contributed by atoms with E-state index in [1.54, 1.807) is 0 Å². The number of hydrogen-bond donors (Lipinski definition) is 2. The standard InChI is InChI=1S/C15H25FN2O2S/c1-4-6-12(3)18-21(19,20)14-7-8-15(16)13(10-14)11-17-9-5-2/h7-8,10,12,17-18H,4-6,9,11H2,1-3H3. The molecule has 0 fully saturated rings. The second-order valence-corrected chi connectivity index (χ2v) is 6.95. The maximum absolute atomic E-state index is 13.7. The Hall–Kier alpha value is -0.980. The lowest BCUT2D eigenvalue weighted by Gasteiger charge is -2.14. The molecule has 120 valence electrons. The van der Waals surface area contributed by atoms with E-state index < -0.39 is 10.0 Å². The summed E-state index contributed by atoms with van der Waals surface area (Å²) in [4.78, 5) is 0.111. The Bertz CT molecular complexity index is 547. The molecule has 1 aromatic rings. The van der Waals surface area contributed by atoms with Crippen molar-refractivity contribution in [2.45, 2.75) is 57.5 Å². The van der Waals surface area contributed by atoms with E-state index in [2.05, 4.69) is 10.0 Å². The number of halogens is 1. The normalized spacial score (nSPS) is 13.3. The summed E-state index contributed by atoms with van der Waals surface area (Å²) in [5.41, 5.74) is 0.370. The quantitative estimate of drug-likeness (QED) is 0.689. The van der Waals surface area contributed by atoms with Crippen molar-refractivity contribution in [2.24, 2.45) is 0 Å². The van der Waals surface area contributed by atoms with Crippen molar-refractivity contribution in [1.29, 1.82) is 0 Å². The van der Waals surface area contributed by atoms with Crippen molar-refractivity contribution < 1.29 is 12.8 Å². The third-order valence-electron chi connectivity index (χ3n) is 3.15. The first-order valence-electron chi connectivity index (χ1n) is 7.42. The van der Waals surface area contributed by atoms with E-state index in [-0.39, 0.29) is 16.8 Å². The van der Waals surface area contributed by atoms with Gasteiger partial charge in [0.2, 0.25) is 10.0 Å². The van der Waals surface area contributed by atoms with Crippen LogP contribution >= 0.6 is 0 Å². The van der Waals surface area contributed by atoms with Crippen LogP contribution in [0.3, 0.4) is 0 Å². The Morgan fingerprint density at radius 2 is 1.95 bits per heavy atom. The minimum Gasteiger partial charge on any atom is -0.313 e. The van der Waals surface area contributed by atoms with Crippen molar-refractivity contribution in [1.82, 2.24) is 10.0 Å². The summed E-state index contributed by atoms with van der Waals surface area (Å²) in [6.07, 6.45) is 2.61. The van der Waals surface area contributed by atoms with E-state index in [0.717, 1.165) is 25.8 Å². The SMILES string of the molecule is CCCNCc1cc(S(=O)(=O)NC(C)CCC)ccc1F. The lowest BCUT2D eigenvalue weighted by molar-refractivity contribution is 0.542. The van der Waals surface area contributed by atoms with Crippen LogP contribution in [0.25, 0.3) is 0 Å². The Kier molecular flexibility index (Phi) is 7.28. The smallest absolute Gasteiger partial charge is 0.240 e. The molecule has 0 radical (unpaired) electrons. The maximum Gasteiger partial charge on any atom is 0.240 e. The van der Waals surface area contributed by atoms with E-state index in [4.69, 9.17) is 0 Å². The molecule has 1 aromatic carbocycles. The highest BCUT2D eigenvalue weighted by Gasteiger charge is 2.18. The van der Waals surface area contributed by atoms with Crippen LogP contribution in [0.15, 0.2) is 23.1 Å². The predicted octanol–water partition coefficient (Wildman–Crippen LogP) is 2.79. The fraction of sp³-hybridized carbons (Fsp3) is 0.600. The minimum atomic E-state index is -3.60. The highest BCUT2D eigenvalue weighted by Crippen LogP contribution is 2.16. The molecule has 0 heterocycles. The zero-order valence-corrected chi connectivity index (χ0v) is 13.8. The van der Waals surface area contributed by atoms with Crippen LogP contribution < -0.4 is 10.0 Å². The molecule has 0 bridgehead atoms. The second kappa shape index (κ2) is 8.46. The van der Waals surface area contributed by atoms with E-state index in [9.17, 15) is 12.8 Å². The van der Waals surface area contributed by atoms with Crippen molar-refractivity contribution in [3.05, 3.63) is 29.6 Å². The summed E-state index contributed by atoms with van der Waals surface area (Å²) < 4.78 is 40.8. The molecule has 4 nitrogen and oxygen atoms in total. The summed E-state index contributed by atoms with van der Waals surface area (Å²) >= 11 is 0. The highest BCUT2D eigenvalue weighted by atomic mass is 32.2. The number of rotatable bonds is 9. The molecule has 21 heavy (non-hydrogen) atoms. The van der Waals surface area contributed by atoms with Gasteiger partial charge in [-0.15, -0.1) is 0 Å². The van der Waals surface area contributed by atoms with Gasteiger partial charge in [0.25, 0.3) is 0 Å². The van der Waals surface area contributed by atoms with Crippen LogP contribution in [-0.2, 0) is 16.6 Å². The van der Waals surface area contributed by atoms with Gasteiger partial charge in [0.05, 0.1) is 4.90 Å². The van der Waals surface area contributed by atoms with Crippen LogP contribution in [0.1, 0.15) is 45.6 Å². The monoisotopic (exact) mass is 316 g/mol. The lowest BCUT2D eigenvalue weighted by atomic mass is 10.2. The summed E-state index contributed by atoms with van der Waals surface area (Å²) in [5, 5.41) is 3.08. The van der Waals surface area contributed by atoms with Gasteiger partial charge in [0, 0.05) is 18.2 Å². The average molecular weight is 316 g/mol. The van der Waals surface area contributed by atoms with E-state index in [0.29, 0.717) is 12.1 Å². The van der Waals surface area contributed by atoms with Gasteiger partial charge in [-0.25, -0.2) is 17.5 Å². The maximum atomic E-state index is 13.7. The predicted molar refractivity (Wildman–Crippen MR) is 83.1 cm³/mol. The molecule has 0 aliphatic carbocycles. The molecule has 1 atom stereocenters. The van der Waals surface area contributed by atoms with Crippen LogP contribution in [0, 0.1) is 5.82 Å². The molecule has 6 heteroatoms. The molecule has 0 amide bonds. The molecular weight excluding hydrogens is 291 g/mol. The van der Waals surface area contributed by atoms with E-state index in [1.807, 2.05) is 20.8 Å². The molecule has 1 unspecified atom stereocenters. The molecule has 0 spiro atoms. The fourth-order valence-corrected chi connectivity index (χ4v) is 3.41. The van der Waals surface area contributed by atoms with Gasteiger partial charge in [-0.2, -0.15) is 0 Å². The minimum absolute atomic E-state index is 0.111. The molecule has 0 aromatic heterocycles. The number of hydrogen-bond acceptors (Lipinski definition) is 3. The zero-order valence-electron chi connectivity index (χ0n) is 12.9. The van der Waals surface area contributed by atoms with Crippen LogP contribution in [0.2, 0.25) is 0 Å². The van der Waals surface area contributed by atoms with E-state index in [1.165, 1.54) is 18.2 Å². The van der Waals surface area contributed by atoms with Gasteiger partial charge in [-0.05, 0) is 44.5 Å². The Labute approximate surface area is 127 Å². The molecular formula is C15H25FN2O2S. The largest absolute Gasteiger partial charge is 0.313 e. The van der Waals surface area contributed by atoms with Crippen molar-refractivity contribution in [3.8, 4) is 0 Å². The first-order valence-corrected chi connectivity index (χ1v) is 8.90. The Morgan fingerprint density at radius 3 is 2.57 bits per heavy atom. The fourth-order valence-electron chi connectivity index (χ4n) is 2.08. The first-order chi connectivity index (χ1) is 9.90. The van der Waals surface area contributed by atoms with Crippen molar-refractivity contribution >= 4 is 10.0 Å². The van der Waals surface area contributed by atoms with Crippen molar-refractivity contribution in [2.75, 3.05) is 6.54 Å². The molecule has 2 N–H and O–H groups in total. The van der Waals surface area contributed by atoms with Gasteiger partial charge in [0.1, 0.15) is 5.82 Å². The van der Waals surface area contributed by atoms with Gasteiger partial charge in [-0.3, -0.25) is 0 Å². The third-order valence-corrected chi connectivity index (χ3v) is 4.73. The topological polar surface area (TPSA) is 58.2 Å². The Balaban J connectivity index is 2.89.